The smallest absolute Gasteiger partial charge is 0.329 e. The molecule has 7 nitrogen and oxygen atoms in total. The number of ether oxygens (including phenoxy) is 1. The van der Waals surface area contributed by atoms with Crippen molar-refractivity contribution in [3.8, 4) is 0 Å². The van der Waals surface area contributed by atoms with Crippen molar-refractivity contribution in [2.24, 2.45) is 0 Å². The Labute approximate surface area is 182 Å². The lowest BCUT2D eigenvalue weighted by atomic mass is 10.0. The lowest BCUT2D eigenvalue weighted by molar-refractivity contribution is -0.155. The van der Waals surface area contributed by atoms with E-state index in [1.807, 2.05) is 67.6 Å². The van der Waals surface area contributed by atoms with Crippen LogP contribution in [0.1, 0.15) is 30.9 Å². The number of hydrogen-bond acceptors (Lipinski definition) is 4. The molecule has 0 spiro atoms. The number of likely N-dealkylation sites (tertiary alicyclic amines) is 1. The molecule has 1 fully saturated rings. The Morgan fingerprint density at radius 1 is 1.03 bits per heavy atom. The van der Waals surface area contributed by atoms with Crippen LogP contribution in [0.15, 0.2) is 60.7 Å². The van der Waals surface area contributed by atoms with Crippen LogP contribution in [0.25, 0.3) is 0 Å². The number of hydrogen-bond donors (Lipinski definition) is 2. The topological polar surface area (TPSA) is 87.7 Å². The van der Waals surface area contributed by atoms with Crippen LogP contribution in [-0.4, -0.2) is 48.0 Å². The minimum absolute atomic E-state index is 0.169. The average Bonchev–Trinajstić information content (AvgIpc) is 3.28. The molecule has 2 N–H and O–H groups in total. The second-order valence-corrected chi connectivity index (χ2v) is 7.53. The van der Waals surface area contributed by atoms with Crippen molar-refractivity contribution in [1.29, 1.82) is 0 Å². The third-order valence-electron chi connectivity index (χ3n) is 5.26. The van der Waals surface area contributed by atoms with Crippen molar-refractivity contribution in [1.82, 2.24) is 15.5 Å². The number of nitrogens with zero attached hydrogens (tertiary/aromatic N) is 1. The third kappa shape index (κ3) is 6.31. The summed E-state index contributed by atoms with van der Waals surface area (Å²) >= 11 is 0. The van der Waals surface area contributed by atoms with Gasteiger partial charge in [0.05, 0.1) is 0 Å². The number of carbonyl (C=O) groups excluding carboxylic acids is 3. The summed E-state index contributed by atoms with van der Waals surface area (Å²) in [5, 5.41) is 5.43. The van der Waals surface area contributed by atoms with E-state index in [0.29, 0.717) is 25.9 Å². The molecule has 1 saturated heterocycles. The van der Waals surface area contributed by atoms with Gasteiger partial charge in [-0.15, -0.1) is 0 Å². The molecule has 1 aliphatic rings. The summed E-state index contributed by atoms with van der Waals surface area (Å²) in [7, 11) is 0. The molecule has 2 atom stereocenters. The molecule has 31 heavy (non-hydrogen) atoms. The fourth-order valence-electron chi connectivity index (χ4n) is 3.72. The molecule has 0 bridgehead atoms. The fourth-order valence-corrected chi connectivity index (χ4v) is 3.72. The lowest BCUT2D eigenvalue weighted by Crippen LogP contribution is -2.54. The van der Waals surface area contributed by atoms with Gasteiger partial charge in [-0.2, -0.15) is 0 Å². The minimum atomic E-state index is -0.767. The molecule has 0 radical (unpaired) electrons. The number of urea groups is 1. The van der Waals surface area contributed by atoms with Crippen molar-refractivity contribution < 1.29 is 19.1 Å². The largest absolute Gasteiger partial charge is 0.459 e. The lowest BCUT2D eigenvalue weighted by Gasteiger charge is -2.28. The van der Waals surface area contributed by atoms with E-state index < -0.39 is 24.1 Å². The highest BCUT2D eigenvalue weighted by Crippen LogP contribution is 2.21. The maximum absolute atomic E-state index is 13.4. The maximum Gasteiger partial charge on any atom is 0.329 e. The third-order valence-corrected chi connectivity index (χ3v) is 5.26. The molecule has 0 unspecified atom stereocenters. The van der Waals surface area contributed by atoms with Gasteiger partial charge in [-0.1, -0.05) is 60.7 Å². The van der Waals surface area contributed by atoms with E-state index in [4.69, 9.17) is 4.74 Å². The molecule has 2 aromatic carbocycles. The van der Waals surface area contributed by atoms with Gasteiger partial charge in [0, 0.05) is 19.5 Å². The van der Waals surface area contributed by atoms with Crippen LogP contribution in [0.2, 0.25) is 0 Å². The molecule has 0 aliphatic carbocycles. The number of nitrogens with one attached hydrogen (secondary N) is 2. The molecule has 3 amide bonds. The van der Waals surface area contributed by atoms with Crippen molar-refractivity contribution in [2.75, 3.05) is 13.1 Å². The highest BCUT2D eigenvalue weighted by molar-refractivity contribution is 5.91. The van der Waals surface area contributed by atoms with Gasteiger partial charge in [-0.3, -0.25) is 4.79 Å². The maximum atomic E-state index is 13.4. The Hall–Kier alpha value is -3.35. The standard InChI is InChI=1S/C24H29N3O4/c1-2-25-24(30)26-20(16-18-10-5-3-6-11-18)22(28)27-15-9-14-21(27)23(29)31-17-19-12-7-4-8-13-19/h3-8,10-13,20-21H,2,9,14-17H2,1H3,(H2,25,26,30)/t20-,21+/m1/s1. The fraction of sp³-hybridized carbons (Fsp3) is 0.375. The van der Waals surface area contributed by atoms with Crippen molar-refractivity contribution in [2.45, 2.75) is 44.9 Å². The van der Waals surface area contributed by atoms with Gasteiger partial charge in [0.25, 0.3) is 0 Å². The molecular weight excluding hydrogens is 394 g/mol. The van der Waals surface area contributed by atoms with E-state index >= 15 is 0 Å². The summed E-state index contributed by atoms with van der Waals surface area (Å²) < 4.78 is 5.48. The summed E-state index contributed by atoms with van der Waals surface area (Å²) in [5.74, 6) is -0.680. The van der Waals surface area contributed by atoms with Gasteiger partial charge in [-0.25, -0.2) is 9.59 Å². The first-order valence-electron chi connectivity index (χ1n) is 10.7. The first kappa shape index (κ1) is 22.3. The van der Waals surface area contributed by atoms with Crippen LogP contribution in [0, 0.1) is 0 Å². The molecular formula is C24H29N3O4. The minimum Gasteiger partial charge on any atom is -0.459 e. The van der Waals surface area contributed by atoms with Gasteiger partial charge in [0.1, 0.15) is 18.7 Å². The molecule has 1 aliphatic heterocycles. The van der Waals surface area contributed by atoms with E-state index in [9.17, 15) is 14.4 Å². The first-order valence-corrected chi connectivity index (χ1v) is 10.7. The zero-order valence-corrected chi connectivity index (χ0v) is 17.8. The average molecular weight is 424 g/mol. The quantitative estimate of drug-likeness (QED) is 0.639. The van der Waals surface area contributed by atoms with Crippen LogP contribution < -0.4 is 10.6 Å². The van der Waals surface area contributed by atoms with Gasteiger partial charge >= 0.3 is 12.0 Å². The van der Waals surface area contributed by atoms with Gasteiger partial charge in [0.15, 0.2) is 0 Å². The van der Waals surface area contributed by atoms with Crippen molar-refractivity contribution in [3.63, 3.8) is 0 Å². The molecule has 2 aromatic rings. The number of carbonyl (C=O) groups is 3. The molecule has 3 rings (SSSR count). The van der Waals surface area contributed by atoms with E-state index in [1.54, 1.807) is 4.90 Å². The Kier molecular flexibility index (Phi) is 8.04. The van der Waals surface area contributed by atoms with E-state index in [1.165, 1.54) is 0 Å². The van der Waals surface area contributed by atoms with E-state index in [2.05, 4.69) is 10.6 Å². The molecule has 0 aromatic heterocycles. The number of rotatable bonds is 8. The van der Waals surface area contributed by atoms with Crippen molar-refractivity contribution >= 4 is 17.9 Å². The molecule has 164 valence electrons. The van der Waals surface area contributed by atoms with Crippen LogP contribution in [0.4, 0.5) is 4.79 Å². The zero-order valence-electron chi connectivity index (χ0n) is 17.8. The van der Waals surface area contributed by atoms with Gasteiger partial charge < -0.3 is 20.3 Å². The summed E-state index contributed by atoms with van der Waals surface area (Å²) in [4.78, 5) is 39.8. The van der Waals surface area contributed by atoms with E-state index in [-0.39, 0.29) is 12.5 Å². The summed E-state index contributed by atoms with van der Waals surface area (Å²) in [6.07, 6.45) is 1.62. The summed E-state index contributed by atoms with van der Waals surface area (Å²) in [6, 6.07) is 17.1. The Morgan fingerprint density at radius 2 is 1.68 bits per heavy atom. The highest BCUT2D eigenvalue weighted by atomic mass is 16.5. The van der Waals surface area contributed by atoms with Gasteiger partial charge in [-0.05, 0) is 30.9 Å². The monoisotopic (exact) mass is 423 g/mol. The first-order chi connectivity index (χ1) is 15.1. The van der Waals surface area contributed by atoms with Gasteiger partial charge in [0.2, 0.25) is 5.91 Å². The highest BCUT2D eigenvalue weighted by Gasteiger charge is 2.38. The normalized spacial score (nSPS) is 16.4. The predicted molar refractivity (Wildman–Crippen MR) is 117 cm³/mol. The summed E-state index contributed by atoms with van der Waals surface area (Å²) in [6.45, 7) is 2.90. The molecule has 7 heteroatoms. The SMILES string of the molecule is CCNC(=O)N[C@H](Cc1ccccc1)C(=O)N1CCC[C@H]1C(=O)OCc1ccccc1. The second kappa shape index (κ2) is 11.2. The molecule has 1 heterocycles. The molecule has 0 saturated carbocycles. The van der Waals surface area contributed by atoms with E-state index in [0.717, 1.165) is 17.5 Å². The second-order valence-electron chi connectivity index (χ2n) is 7.53. The number of esters is 1. The van der Waals surface area contributed by atoms with Crippen LogP contribution in [-0.2, 0) is 27.4 Å². The number of amides is 3. The van der Waals surface area contributed by atoms with Crippen LogP contribution in [0.3, 0.4) is 0 Å². The summed E-state index contributed by atoms with van der Waals surface area (Å²) in [5.41, 5.74) is 1.83. The van der Waals surface area contributed by atoms with Crippen LogP contribution >= 0.6 is 0 Å². The Bertz CT molecular complexity index is 873. The number of benzene rings is 2. The Balaban J connectivity index is 1.68. The Morgan fingerprint density at radius 3 is 2.32 bits per heavy atom. The predicted octanol–water partition coefficient (Wildman–Crippen LogP) is 2.65. The zero-order chi connectivity index (χ0) is 22.1. The van der Waals surface area contributed by atoms with Crippen molar-refractivity contribution in [3.05, 3.63) is 71.8 Å². The van der Waals surface area contributed by atoms with Crippen LogP contribution in [0.5, 0.6) is 0 Å².